The number of piperidine rings is 1. The molecule has 2 amide bonds. The summed E-state index contributed by atoms with van der Waals surface area (Å²) in [7, 11) is 0. The average molecular weight is 196 g/mol. The van der Waals surface area contributed by atoms with Crippen LogP contribution in [-0.4, -0.2) is 35.8 Å². The van der Waals surface area contributed by atoms with Gasteiger partial charge in [0.1, 0.15) is 0 Å². The van der Waals surface area contributed by atoms with Gasteiger partial charge < -0.3 is 5.32 Å². The lowest BCUT2D eigenvalue weighted by Crippen LogP contribution is -2.46. The molecule has 0 aromatic heterocycles. The summed E-state index contributed by atoms with van der Waals surface area (Å²) in [6, 6.07) is 0.334. The van der Waals surface area contributed by atoms with E-state index in [0.717, 1.165) is 25.8 Å². The Balaban J connectivity index is 1.93. The molecule has 2 heterocycles. The van der Waals surface area contributed by atoms with E-state index in [4.69, 9.17) is 0 Å². The quantitative estimate of drug-likeness (QED) is 0.645. The summed E-state index contributed by atoms with van der Waals surface area (Å²) < 4.78 is 0. The number of imide groups is 1. The van der Waals surface area contributed by atoms with Crippen LogP contribution < -0.4 is 5.32 Å². The molecule has 0 radical (unpaired) electrons. The standard InChI is InChI=1S/C10H16N2O2/c13-9-4-1-5-10(14)12(9)7-8-3-2-6-11-8/h8,11H,1-7H2/t8-/m1/s1. The number of nitrogens with one attached hydrogen (secondary N) is 1. The van der Waals surface area contributed by atoms with Crippen LogP contribution in [-0.2, 0) is 9.59 Å². The van der Waals surface area contributed by atoms with Gasteiger partial charge >= 0.3 is 0 Å². The molecule has 0 spiro atoms. The van der Waals surface area contributed by atoms with Gasteiger partial charge in [0, 0.05) is 25.4 Å². The van der Waals surface area contributed by atoms with Gasteiger partial charge in [-0.05, 0) is 25.8 Å². The molecule has 0 aromatic rings. The first-order valence-electron chi connectivity index (χ1n) is 5.34. The lowest BCUT2D eigenvalue weighted by Gasteiger charge is -2.27. The number of hydrogen-bond donors (Lipinski definition) is 1. The predicted molar refractivity (Wildman–Crippen MR) is 51.6 cm³/mol. The molecule has 14 heavy (non-hydrogen) atoms. The molecule has 0 aliphatic carbocycles. The minimum atomic E-state index is 0.00921. The summed E-state index contributed by atoms with van der Waals surface area (Å²) >= 11 is 0. The number of hydrogen-bond acceptors (Lipinski definition) is 3. The van der Waals surface area contributed by atoms with E-state index in [1.54, 1.807) is 0 Å². The van der Waals surface area contributed by atoms with Gasteiger partial charge in [-0.1, -0.05) is 0 Å². The molecule has 2 rings (SSSR count). The molecule has 4 heteroatoms. The van der Waals surface area contributed by atoms with E-state index in [1.807, 2.05) is 0 Å². The van der Waals surface area contributed by atoms with Gasteiger partial charge in [-0.2, -0.15) is 0 Å². The Hall–Kier alpha value is -0.900. The van der Waals surface area contributed by atoms with Gasteiger partial charge in [0.25, 0.3) is 0 Å². The van der Waals surface area contributed by atoms with Crippen molar-refractivity contribution in [1.82, 2.24) is 10.2 Å². The van der Waals surface area contributed by atoms with Crippen molar-refractivity contribution < 1.29 is 9.59 Å². The third-order valence-electron chi connectivity index (χ3n) is 2.95. The van der Waals surface area contributed by atoms with Crippen LogP contribution in [0, 0.1) is 0 Å². The van der Waals surface area contributed by atoms with Crippen LogP contribution in [0.5, 0.6) is 0 Å². The molecule has 1 atom stereocenters. The van der Waals surface area contributed by atoms with Crippen molar-refractivity contribution in [3.05, 3.63) is 0 Å². The Morgan fingerprint density at radius 1 is 1.21 bits per heavy atom. The summed E-state index contributed by atoms with van der Waals surface area (Å²) in [5.41, 5.74) is 0. The monoisotopic (exact) mass is 196 g/mol. The molecular formula is C10H16N2O2. The van der Waals surface area contributed by atoms with Crippen LogP contribution in [0.15, 0.2) is 0 Å². The molecular weight excluding hydrogens is 180 g/mol. The van der Waals surface area contributed by atoms with Crippen molar-refractivity contribution in [2.24, 2.45) is 0 Å². The normalized spacial score (nSPS) is 28.6. The first-order valence-corrected chi connectivity index (χ1v) is 5.34. The second kappa shape index (κ2) is 4.09. The van der Waals surface area contributed by atoms with E-state index in [-0.39, 0.29) is 11.8 Å². The maximum atomic E-state index is 11.5. The number of nitrogens with zero attached hydrogens (tertiary/aromatic N) is 1. The second-order valence-electron chi connectivity index (χ2n) is 4.04. The minimum absolute atomic E-state index is 0.00921. The molecule has 0 saturated carbocycles. The fourth-order valence-electron chi connectivity index (χ4n) is 2.14. The van der Waals surface area contributed by atoms with Crippen molar-refractivity contribution in [3.63, 3.8) is 0 Å². The van der Waals surface area contributed by atoms with Crippen LogP contribution in [0.1, 0.15) is 32.1 Å². The van der Waals surface area contributed by atoms with Gasteiger partial charge in [0.15, 0.2) is 0 Å². The SMILES string of the molecule is O=C1CCCC(=O)N1C[C@H]1CCCN1. The average Bonchev–Trinajstić information content (AvgIpc) is 2.64. The van der Waals surface area contributed by atoms with E-state index >= 15 is 0 Å². The first kappa shape index (κ1) is 9.65. The van der Waals surface area contributed by atoms with Crippen molar-refractivity contribution in [2.45, 2.75) is 38.1 Å². The first-order chi connectivity index (χ1) is 6.77. The van der Waals surface area contributed by atoms with E-state index in [2.05, 4.69) is 5.32 Å². The smallest absolute Gasteiger partial charge is 0.229 e. The third kappa shape index (κ3) is 1.95. The molecule has 2 aliphatic heterocycles. The van der Waals surface area contributed by atoms with Crippen LogP contribution in [0.2, 0.25) is 0 Å². The Kier molecular flexibility index (Phi) is 2.82. The minimum Gasteiger partial charge on any atom is -0.312 e. The number of amides is 2. The number of likely N-dealkylation sites (tertiary alicyclic amines) is 1. The van der Waals surface area contributed by atoms with Crippen molar-refractivity contribution in [2.75, 3.05) is 13.1 Å². The van der Waals surface area contributed by atoms with Gasteiger partial charge in [0.2, 0.25) is 11.8 Å². The molecule has 2 saturated heterocycles. The van der Waals surface area contributed by atoms with Gasteiger partial charge in [0.05, 0.1) is 0 Å². The highest BCUT2D eigenvalue weighted by Gasteiger charge is 2.28. The second-order valence-corrected chi connectivity index (χ2v) is 4.04. The number of carbonyl (C=O) groups excluding carboxylic acids is 2. The van der Waals surface area contributed by atoms with Crippen molar-refractivity contribution in [3.8, 4) is 0 Å². The lowest BCUT2D eigenvalue weighted by atomic mass is 10.1. The Bertz CT molecular complexity index is 231. The number of rotatable bonds is 2. The maximum absolute atomic E-state index is 11.5. The van der Waals surface area contributed by atoms with Gasteiger partial charge in [-0.3, -0.25) is 14.5 Å². The predicted octanol–water partition coefficient (Wildman–Crippen LogP) is 0.277. The van der Waals surface area contributed by atoms with Crippen LogP contribution in [0.3, 0.4) is 0 Å². The topological polar surface area (TPSA) is 49.4 Å². The third-order valence-corrected chi connectivity index (χ3v) is 2.95. The maximum Gasteiger partial charge on any atom is 0.229 e. The summed E-state index contributed by atoms with van der Waals surface area (Å²) in [6.07, 6.45) is 4.04. The summed E-state index contributed by atoms with van der Waals surface area (Å²) in [4.78, 5) is 24.4. The molecule has 1 N–H and O–H groups in total. The summed E-state index contributed by atoms with van der Waals surface area (Å²) in [5.74, 6) is 0.0184. The fraction of sp³-hybridized carbons (Fsp3) is 0.800. The molecule has 0 aromatic carbocycles. The molecule has 2 fully saturated rings. The Morgan fingerprint density at radius 2 is 1.93 bits per heavy atom. The number of carbonyl (C=O) groups is 2. The van der Waals surface area contributed by atoms with Crippen LogP contribution in [0.4, 0.5) is 0 Å². The van der Waals surface area contributed by atoms with E-state index in [9.17, 15) is 9.59 Å². The fourth-order valence-corrected chi connectivity index (χ4v) is 2.14. The van der Waals surface area contributed by atoms with E-state index < -0.39 is 0 Å². The summed E-state index contributed by atoms with van der Waals surface area (Å²) in [5, 5.41) is 3.30. The van der Waals surface area contributed by atoms with E-state index in [0.29, 0.717) is 25.4 Å². The zero-order chi connectivity index (χ0) is 9.97. The molecule has 0 unspecified atom stereocenters. The largest absolute Gasteiger partial charge is 0.312 e. The molecule has 4 nitrogen and oxygen atoms in total. The highest BCUT2D eigenvalue weighted by atomic mass is 16.2. The zero-order valence-corrected chi connectivity index (χ0v) is 8.29. The zero-order valence-electron chi connectivity index (χ0n) is 8.29. The molecule has 78 valence electrons. The van der Waals surface area contributed by atoms with Crippen LogP contribution in [0.25, 0.3) is 0 Å². The van der Waals surface area contributed by atoms with Gasteiger partial charge in [-0.25, -0.2) is 0 Å². The van der Waals surface area contributed by atoms with Gasteiger partial charge in [-0.15, -0.1) is 0 Å². The highest BCUT2D eigenvalue weighted by molar-refractivity contribution is 5.97. The van der Waals surface area contributed by atoms with Crippen molar-refractivity contribution >= 4 is 11.8 Å². The lowest BCUT2D eigenvalue weighted by molar-refractivity contribution is -0.148. The highest BCUT2D eigenvalue weighted by Crippen LogP contribution is 2.15. The Morgan fingerprint density at radius 3 is 2.50 bits per heavy atom. The Labute approximate surface area is 83.6 Å². The van der Waals surface area contributed by atoms with E-state index in [1.165, 1.54) is 4.90 Å². The van der Waals surface area contributed by atoms with Crippen molar-refractivity contribution in [1.29, 1.82) is 0 Å². The summed E-state index contributed by atoms with van der Waals surface area (Å²) in [6.45, 7) is 1.60. The van der Waals surface area contributed by atoms with Crippen LogP contribution >= 0.6 is 0 Å². The molecule has 0 bridgehead atoms. The molecule has 2 aliphatic rings.